The molecule has 32 heavy (non-hydrogen) atoms. The smallest absolute Gasteiger partial charge is 0.379 e. The number of sulfone groups is 1. The molecule has 0 heterocycles. The van der Waals surface area contributed by atoms with Gasteiger partial charge in [-0.15, -0.1) is 0 Å². The number of halogens is 3. The Morgan fingerprint density at radius 3 is 2.12 bits per heavy atom. The Balaban J connectivity index is 2.22. The molecule has 0 bridgehead atoms. The van der Waals surface area contributed by atoms with Crippen LogP contribution in [0.2, 0.25) is 0 Å². The van der Waals surface area contributed by atoms with Crippen molar-refractivity contribution >= 4 is 33.0 Å². The van der Waals surface area contributed by atoms with Crippen molar-refractivity contribution in [2.75, 3.05) is 16.4 Å². The van der Waals surface area contributed by atoms with Crippen LogP contribution in [0.5, 0.6) is 0 Å². The van der Waals surface area contributed by atoms with Crippen molar-refractivity contribution in [2.24, 2.45) is 0 Å². The van der Waals surface area contributed by atoms with Crippen molar-refractivity contribution in [3.05, 3.63) is 53.6 Å². The number of alkyl halides is 3. The fraction of sp³-hybridized carbons (Fsp3) is 0.250. The van der Waals surface area contributed by atoms with Crippen LogP contribution < -0.4 is 10.6 Å². The predicted molar refractivity (Wildman–Crippen MR) is 108 cm³/mol. The summed E-state index contributed by atoms with van der Waals surface area (Å²) in [5.41, 5.74) is -4.49. The summed E-state index contributed by atoms with van der Waals surface area (Å²) >= 11 is 0. The maximum absolute atomic E-state index is 13.1. The first-order valence-corrected chi connectivity index (χ1v) is 10.6. The topological polar surface area (TPSA) is 136 Å². The van der Waals surface area contributed by atoms with Crippen LogP contribution in [-0.2, 0) is 25.6 Å². The molecule has 0 saturated heterocycles. The quantitative estimate of drug-likeness (QED) is 0.595. The van der Waals surface area contributed by atoms with Gasteiger partial charge in [0.25, 0.3) is 5.91 Å². The number of carbonyl (C=O) groups is 2. The molecule has 0 radical (unpaired) electrons. The maximum Gasteiger partial charge on any atom is 0.417 e. The van der Waals surface area contributed by atoms with Gasteiger partial charge >= 0.3 is 6.18 Å². The minimum absolute atomic E-state index is 0.239. The van der Waals surface area contributed by atoms with E-state index in [1.165, 1.54) is 37.3 Å². The van der Waals surface area contributed by atoms with Gasteiger partial charge in [-0.2, -0.15) is 18.4 Å². The van der Waals surface area contributed by atoms with Crippen molar-refractivity contribution in [1.29, 1.82) is 5.26 Å². The van der Waals surface area contributed by atoms with Crippen molar-refractivity contribution in [2.45, 2.75) is 30.5 Å². The van der Waals surface area contributed by atoms with Crippen molar-refractivity contribution in [3.63, 3.8) is 0 Å². The van der Waals surface area contributed by atoms with E-state index >= 15 is 0 Å². The van der Waals surface area contributed by atoms with Gasteiger partial charge in [-0.25, -0.2) is 8.42 Å². The van der Waals surface area contributed by atoms with E-state index < -0.39 is 44.4 Å². The number of nitriles is 1. The van der Waals surface area contributed by atoms with Crippen LogP contribution in [0, 0.1) is 11.3 Å². The van der Waals surface area contributed by atoms with Crippen molar-refractivity contribution in [3.8, 4) is 6.07 Å². The largest absolute Gasteiger partial charge is 0.417 e. The number of aliphatic hydroxyl groups is 1. The fourth-order valence-electron chi connectivity index (χ4n) is 2.69. The molecule has 0 fully saturated rings. The highest BCUT2D eigenvalue weighted by atomic mass is 32.2. The second kappa shape index (κ2) is 8.97. The van der Waals surface area contributed by atoms with Crippen LogP contribution >= 0.6 is 0 Å². The number of hydrogen-bond donors (Lipinski definition) is 3. The predicted octanol–water partition coefficient (Wildman–Crippen LogP) is 2.70. The number of rotatable bonds is 6. The number of benzene rings is 2. The van der Waals surface area contributed by atoms with Crippen LogP contribution in [0.15, 0.2) is 47.4 Å². The minimum atomic E-state index is -4.86. The molecular weight excluding hydrogens is 451 g/mol. The Bertz CT molecular complexity index is 1180. The minimum Gasteiger partial charge on any atom is -0.379 e. The lowest BCUT2D eigenvalue weighted by Gasteiger charge is -2.22. The highest BCUT2D eigenvalue weighted by molar-refractivity contribution is 7.91. The van der Waals surface area contributed by atoms with Gasteiger partial charge < -0.3 is 15.7 Å². The van der Waals surface area contributed by atoms with Crippen LogP contribution in [0.1, 0.15) is 25.0 Å². The third-order valence-electron chi connectivity index (χ3n) is 4.20. The molecule has 0 saturated carbocycles. The van der Waals surface area contributed by atoms with Crippen molar-refractivity contribution < 1.29 is 36.3 Å². The molecule has 2 aromatic rings. The molecule has 8 nitrogen and oxygen atoms in total. The van der Waals surface area contributed by atoms with Gasteiger partial charge in [0.05, 0.1) is 27.8 Å². The van der Waals surface area contributed by atoms with Crippen LogP contribution in [0.3, 0.4) is 0 Å². The fourth-order valence-corrected chi connectivity index (χ4v) is 4.28. The summed E-state index contributed by atoms with van der Waals surface area (Å²) in [6, 6.07) is 8.76. The summed E-state index contributed by atoms with van der Waals surface area (Å²) in [5.74, 6) is -2.68. The molecule has 12 heteroatoms. The summed E-state index contributed by atoms with van der Waals surface area (Å²) in [5, 5.41) is 23.7. The second-order valence-electron chi connectivity index (χ2n) is 7.06. The number of anilines is 2. The normalized spacial score (nSPS) is 13.5. The monoisotopic (exact) mass is 469 g/mol. The number of nitrogens with zero attached hydrogens (tertiary/aromatic N) is 1. The van der Waals surface area contributed by atoms with E-state index in [0.29, 0.717) is 11.8 Å². The Kier molecular flexibility index (Phi) is 6.97. The molecule has 0 aliphatic rings. The SMILES string of the molecule is CC(=O)Nc1ccc(S(=O)(=O)CC(C)(O)C(=O)Nc2ccc(C#N)c(C(F)(F)F)c2)cc1. The zero-order valence-corrected chi connectivity index (χ0v) is 17.6. The van der Waals surface area contributed by atoms with Gasteiger partial charge in [0.2, 0.25) is 5.91 Å². The third-order valence-corrected chi connectivity index (χ3v) is 6.13. The Hall–Kier alpha value is -3.43. The molecule has 2 rings (SSSR count). The van der Waals surface area contributed by atoms with E-state index in [4.69, 9.17) is 5.26 Å². The lowest BCUT2D eigenvalue weighted by molar-refractivity contribution is -0.137. The third kappa shape index (κ3) is 6.05. The first-order chi connectivity index (χ1) is 14.7. The summed E-state index contributed by atoms with van der Waals surface area (Å²) in [4.78, 5) is 23.2. The van der Waals surface area contributed by atoms with Gasteiger partial charge in [-0.05, 0) is 49.4 Å². The summed E-state index contributed by atoms with van der Waals surface area (Å²) < 4.78 is 64.4. The van der Waals surface area contributed by atoms with Gasteiger partial charge in [-0.3, -0.25) is 9.59 Å². The molecule has 2 aromatic carbocycles. The number of carbonyl (C=O) groups excluding carboxylic acids is 2. The van der Waals surface area contributed by atoms with Crippen LogP contribution in [0.25, 0.3) is 0 Å². The Morgan fingerprint density at radius 2 is 1.62 bits per heavy atom. The van der Waals surface area contributed by atoms with E-state index in [1.54, 1.807) is 0 Å². The average Bonchev–Trinajstić information content (AvgIpc) is 2.66. The molecule has 0 aromatic heterocycles. The summed E-state index contributed by atoms with van der Waals surface area (Å²) in [6.45, 7) is 2.17. The van der Waals surface area contributed by atoms with E-state index in [0.717, 1.165) is 19.1 Å². The van der Waals surface area contributed by atoms with Gasteiger partial charge in [-0.1, -0.05) is 0 Å². The number of nitrogens with one attached hydrogen (secondary N) is 2. The average molecular weight is 469 g/mol. The first kappa shape index (κ1) is 24.8. The number of hydrogen-bond acceptors (Lipinski definition) is 6. The van der Waals surface area contributed by atoms with E-state index in [1.807, 2.05) is 5.32 Å². The van der Waals surface area contributed by atoms with Crippen molar-refractivity contribution in [1.82, 2.24) is 0 Å². The zero-order valence-electron chi connectivity index (χ0n) is 16.8. The van der Waals surface area contributed by atoms with E-state index in [-0.39, 0.29) is 16.5 Å². The molecule has 1 atom stereocenters. The zero-order chi connectivity index (χ0) is 24.3. The number of amides is 2. The van der Waals surface area contributed by atoms with Gasteiger partial charge in [0, 0.05) is 18.3 Å². The second-order valence-corrected chi connectivity index (χ2v) is 9.05. The van der Waals surface area contributed by atoms with E-state index in [2.05, 4.69) is 5.32 Å². The summed E-state index contributed by atoms with van der Waals surface area (Å²) in [7, 11) is -4.19. The van der Waals surface area contributed by atoms with Crippen LogP contribution in [-0.4, -0.2) is 36.7 Å². The molecule has 0 spiro atoms. The highest BCUT2D eigenvalue weighted by Gasteiger charge is 2.38. The molecule has 1 unspecified atom stereocenters. The maximum atomic E-state index is 13.1. The molecule has 2 amide bonds. The molecule has 3 N–H and O–H groups in total. The summed E-state index contributed by atoms with van der Waals surface area (Å²) in [6.07, 6.45) is -4.86. The first-order valence-electron chi connectivity index (χ1n) is 8.91. The highest BCUT2D eigenvalue weighted by Crippen LogP contribution is 2.33. The van der Waals surface area contributed by atoms with Gasteiger partial charge in [0.1, 0.15) is 0 Å². The molecule has 0 aliphatic carbocycles. The molecule has 0 aliphatic heterocycles. The standard InChI is InChI=1S/C20H18F3N3O5S/c1-12(27)25-14-5-7-16(8-6-14)32(30,31)11-19(2,29)18(28)26-15-4-3-13(10-24)17(9-15)20(21,22)23/h3-9,29H,11H2,1-2H3,(H,25,27)(H,26,28). The molecular formula is C20H18F3N3O5S. The molecule has 170 valence electrons. The van der Waals surface area contributed by atoms with E-state index in [9.17, 15) is 36.3 Å². The Morgan fingerprint density at radius 1 is 1.06 bits per heavy atom. The lowest BCUT2D eigenvalue weighted by Crippen LogP contribution is -2.45. The lowest BCUT2D eigenvalue weighted by atomic mass is 10.1. The van der Waals surface area contributed by atoms with Crippen LogP contribution in [0.4, 0.5) is 24.5 Å². The Labute approximate surface area is 181 Å². The van der Waals surface area contributed by atoms with Gasteiger partial charge in [0.15, 0.2) is 15.4 Å².